The quantitative estimate of drug-likeness (QED) is 0.663. The zero-order valence-corrected chi connectivity index (χ0v) is 14.2. The van der Waals surface area contributed by atoms with Crippen molar-refractivity contribution in [2.24, 2.45) is 0 Å². The highest BCUT2D eigenvalue weighted by Gasteiger charge is 2.25. The number of benzene rings is 3. The smallest absolute Gasteiger partial charge is 0.318 e. The fourth-order valence-electron chi connectivity index (χ4n) is 2.62. The molecule has 0 bridgehead atoms. The molecule has 0 heterocycles. The van der Waals surface area contributed by atoms with Crippen LogP contribution < -0.4 is 0 Å². The normalized spacial score (nSPS) is 11.7. The number of ether oxygens (including phenoxy) is 1. The van der Waals surface area contributed by atoms with E-state index in [9.17, 15) is 9.90 Å². The Hall–Kier alpha value is -2.78. The Kier molecular flexibility index (Phi) is 5.36. The number of esters is 1. The molecule has 0 saturated carbocycles. The molecule has 1 unspecified atom stereocenters. The van der Waals surface area contributed by atoms with Crippen molar-refractivity contribution in [3.8, 4) is 5.75 Å². The summed E-state index contributed by atoms with van der Waals surface area (Å²) in [6.45, 7) is 0.203. The molecule has 25 heavy (non-hydrogen) atoms. The maximum Gasteiger partial charge on any atom is 0.318 e. The van der Waals surface area contributed by atoms with E-state index in [4.69, 9.17) is 16.3 Å². The molecule has 0 aromatic heterocycles. The van der Waals surface area contributed by atoms with E-state index < -0.39 is 5.92 Å². The summed E-state index contributed by atoms with van der Waals surface area (Å²) in [6.07, 6.45) is 0. The van der Waals surface area contributed by atoms with Crippen LogP contribution in [0.5, 0.6) is 5.75 Å². The van der Waals surface area contributed by atoms with Crippen molar-refractivity contribution < 1.29 is 14.6 Å². The van der Waals surface area contributed by atoms with Gasteiger partial charge in [0.15, 0.2) is 0 Å². The van der Waals surface area contributed by atoms with E-state index in [0.29, 0.717) is 5.56 Å². The minimum Gasteiger partial charge on any atom is -0.506 e. The SMILES string of the molecule is O=C(OCc1ccccc1)C(c1ccccc1)c1ccc(O)c(Cl)c1. The number of aromatic hydroxyl groups is 1. The summed E-state index contributed by atoms with van der Waals surface area (Å²) in [7, 11) is 0. The molecule has 0 fully saturated rings. The van der Waals surface area contributed by atoms with Crippen LogP contribution in [0.4, 0.5) is 0 Å². The van der Waals surface area contributed by atoms with Gasteiger partial charge in [-0.15, -0.1) is 0 Å². The summed E-state index contributed by atoms with van der Waals surface area (Å²) in [4.78, 5) is 12.8. The van der Waals surface area contributed by atoms with Crippen molar-refractivity contribution >= 4 is 17.6 Å². The molecule has 3 nitrogen and oxygen atoms in total. The highest BCUT2D eigenvalue weighted by molar-refractivity contribution is 6.32. The second-order valence-electron chi connectivity index (χ2n) is 5.65. The third-order valence-electron chi connectivity index (χ3n) is 3.90. The van der Waals surface area contributed by atoms with Crippen LogP contribution >= 0.6 is 11.6 Å². The van der Waals surface area contributed by atoms with Gasteiger partial charge < -0.3 is 9.84 Å². The summed E-state index contributed by atoms with van der Waals surface area (Å²) < 4.78 is 5.52. The summed E-state index contributed by atoms with van der Waals surface area (Å²) in [5.74, 6) is -0.991. The van der Waals surface area contributed by atoms with Gasteiger partial charge in [-0.25, -0.2) is 0 Å². The van der Waals surface area contributed by atoms with Crippen LogP contribution in [0.3, 0.4) is 0 Å². The largest absolute Gasteiger partial charge is 0.506 e. The molecule has 0 aliphatic rings. The summed E-state index contributed by atoms with van der Waals surface area (Å²) >= 11 is 6.02. The number of hydrogen-bond donors (Lipinski definition) is 1. The second kappa shape index (κ2) is 7.86. The Morgan fingerprint density at radius 2 is 1.56 bits per heavy atom. The van der Waals surface area contributed by atoms with Gasteiger partial charge in [-0.1, -0.05) is 78.3 Å². The van der Waals surface area contributed by atoms with Gasteiger partial charge in [0.05, 0.1) is 5.02 Å². The van der Waals surface area contributed by atoms with Gasteiger partial charge in [-0.05, 0) is 28.8 Å². The number of carbonyl (C=O) groups is 1. The van der Waals surface area contributed by atoms with Crippen molar-refractivity contribution in [1.29, 1.82) is 0 Å². The van der Waals surface area contributed by atoms with Gasteiger partial charge in [0.25, 0.3) is 0 Å². The number of phenols is 1. The van der Waals surface area contributed by atoms with Gasteiger partial charge >= 0.3 is 5.97 Å². The standard InChI is InChI=1S/C21H17ClO3/c22-18-13-17(11-12-19(18)23)20(16-9-5-2-6-10-16)21(24)25-14-15-7-3-1-4-8-15/h1-13,20,23H,14H2. The highest BCUT2D eigenvalue weighted by Crippen LogP contribution is 2.32. The minimum absolute atomic E-state index is 0.0186. The average Bonchev–Trinajstić information content (AvgIpc) is 2.65. The maximum absolute atomic E-state index is 12.8. The summed E-state index contributed by atoms with van der Waals surface area (Å²) in [5.41, 5.74) is 2.40. The Labute approximate surface area is 151 Å². The third kappa shape index (κ3) is 4.20. The van der Waals surface area contributed by atoms with E-state index in [2.05, 4.69) is 0 Å². The minimum atomic E-state index is -0.608. The topological polar surface area (TPSA) is 46.5 Å². The number of halogens is 1. The van der Waals surface area contributed by atoms with Crippen LogP contribution in [-0.4, -0.2) is 11.1 Å². The third-order valence-corrected chi connectivity index (χ3v) is 4.20. The molecule has 4 heteroatoms. The van der Waals surface area contributed by atoms with E-state index in [1.54, 1.807) is 12.1 Å². The molecule has 0 spiro atoms. The molecule has 0 aliphatic carbocycles. The van der Waals surface area contributed by atoms with Crippen LogP contribution in [0.1, 0.15) is 22.6 Å². The van der Waals surface area contributed by atoms with Crippen LogP contribution in [0.2, 0.25) is 5.02 Å². The van der Waals surface area contributed by atoms with Crippen LogP contribution in [-0.2, 0) is 16.1 Å². The van der Waals surface area contributed by atoms with Crippen molar-refractivity contribution in [1.82, 2.24) is 0 Å². The molecule has 1 atom stereocenters. The Morgan fingerprint density at radius 1 is 0.920 bits per heavy atom. The molecule has 0 aliphatic heterocycles. The summed E-state index contributed by atoms with van der Waals surface area (Å²) in [6, 6.07) is 23.7. The van der Waals surface area contributed by atoms with Crippen molar-refractivity contribution in [2.45, 2.75) is 12.5 Å². The molecule has 0 radical (unpaired) electrons. The fourth-order valence-corrected chi connectivity index (χ4v) is 2.81. The van der Waals surface area contributed by atoms with Gasteiger partial charge in [-0.2, -0.15) is 0 Å². The lowest BCUT2D eigenvalue weighted by molar-refractivity contribution is -0.145. The fraction of sp³-hybridized carbons (Fsp3) is 0.0952. The van der Waals surface area contributed by atoms with E-state index in [0.717, 1.165) is 11.1 Å². The van der Waals surface area contributed by atoms with Gasteiger partial charge in [-0.3, -0.25) is 4.79 Å². The van der Waals surface area contributed by atoms with E-state index >= 15 is 0 Å². The molecule has 3 aromatic carbocycles. The second-order valence-corrected chi connectivity index (χ2v) is 6.06. The number of carbonyl (C=O) groups excluding carboxylic acids is 1. The highest BCUT2D eigenvalue weighted by atomic mass is 35.5. The lowest BCUT2D eigenvalue weighted by atomic mass is 9.91. The monoisotopic (exact) mass is 352 g/mol. The van der Waals surface area contributed by atoms with Crippen LogP contribution in [0.15, 0.2) is 78.9 Å². The van der Waals surface area contributed by atoms with Crippen LogP contribution in [0.25, 0.3) is 0 Å². The Morgan fingerprint density at radius 3 is 2.20 bits per heavy atom. The first-order valence-electron chi connectivity index (χ1n) is 7.89. The Bertz CT molecular complexity index is 848. The zero-order chi connectivity index (χ0) is 17.6. The van der Waals surface area contributed by atoms with E-state index in [1.807, 2.05) is 60.7 Å². The molecule has 126 valence electrons. The molecular formula is C21H17ClO3. The molecule has 3 rings (SSSR count). The number of phenolic OH excluding ortho intramolecular Hbond substituents is 1. The van der Waals surface area contributed by atoms with E-state index in [1.165, 1.54) is 6.07 Å². The Balaban J connectivity index is 1.88. The van der Waals surface area contributed by atoms with Crippen molar-refractivity contribution in [2.75, 3.05) is 0 Å². The molecule has 0 amide bonds. The van der Waals surface area contributed by atoms with Gasteiger partial charge in [0, 0.05) is 0 Å². The number of rotatable bonds is 5. The van der Waals surface area contributed by atoms with Gasteiger partial charge in [0.1, 0.15) is 18.3 Å². The zero-order valence-electron chi connectivity index (χ0n) is 13.4. The van der Waals surface area contributed by atoms with Crippen molar-refractivity contribution in [3.05, 3.63) is 101 Å². The first kappa shape index (κ1) is 17.1. The van der Waals surface area contributed by atoms with Crippen molar-refractivity contribution in [3.63, 3.8) is 0 Å². The predicted octanol–water partition coefficient (Wildman–Crippen LogP) is 4.92. The number of hydrogen-bond acceptors (Lipinski definition) is 3. The first-order valence-corrected chi connectivity index (χ1v) is 8.27. The maximum atomic E-state index is 12.8. The molecule has 3 aromatic rings. The molecule has 0 saturated heterocycles. The predicted molar refractivity (Wildman–Crippen MR) is 97.6 cm³/mol. The van der Waals surface area contributed by atoms with Gasteiger partial charge in [0.2, 0.25) is 0 Å². The van der Waals surface area contributed by atoms with Crippen LogP contribution in [0, 0.1) is 0 Å². The summed E-state index contributed by atoms with van der Waals surface area (Å²) in [5, 5.41) is 9.84. The molecule has 1 N–H and O–H groups in total. The lowest BCUT2D eigenvalue weighted by Crippen LogP contribution is -2.17. The average molecular weight is 353 g/mol. The first-order chi connectivity index (χ1) is 12.1. The molecular weight excluding hydrogens is 336 g/mol. The lowest BCUT2D eigenvalue weighted by Gasteiger charge is -2.17. The van der Waals surface area contributed by atoms with E-state index in [-0.39, 0.29) is 23.3 Å².